The Morgan fingerprint density at radius 3 is 2.48 bits per heavy atom. The van der Waals surface area contributed by atoms with Gasteiger partial charge >= 0.3 is 0 Å². The number of benzene rings is 1. The summed E-state index contributed by atoms with van der Waals surface area (Å²) in [5.41, 5.74) is 1.13. The van der Waals surface area contributed by atoms with Gasteiger partial charge in [0.25, 0.3) is 0 Å². The molecule has 0 bridgehead atoms. The maximum atomic E-state index is 9.97. The molecule has 6 heteroatoms. The number of halogens is 2. The first kappa shape index (κ1) is 17.1. The van der Waals surface area contributed by atoms with Crippen LogP contribution in [0, 0.1) is 5.92 Å². The predicted molar refractivity (Wildman–Crippen MR) is 87.6 cm³/mol. The van der Waals surface area contributed by atoms with E-state index in [0.29, 0.717) is 10.0 Å². The van der Waals surface area contributed by atoms with Crippen LogP contribution in [-0.2, 0) is 9.47 Å². The van der Waals surface area contributed by atoms with Gasteiger partial charge in [-0.2, -0.15) is 0 Å². The van der Waals surface area contributed by atoms with Crippen LogP contribution in [0.15, 0.2) is 18.2 Å². The normalized spacial score (nSPS) is 27.5. The van der Waals surface area contributed by atoms with Gasteiger partial charge in [0.05, 0.1) is 10.0 Å². The van der Waals surface area contributed by atoms with Crippen molar-refractivity contribution >= 4 is 31.0 Å². The van der Waals surface area contributed by atoms with Crippen molar-refractivity contribution in [1.29, 1.82) is 0 Å². The summed E-state index contributed by atoms with van der Waals surface area (Å²) in [4.78, 5) is 0. The molecule has 3 nitrogen and oxygen atoms in total. The van der Waals surface area contributed by atoms with Crippen LogP contribution in [0.3, 0.4) is 0 Å². The monoisotopic (exact) mass is 330 g/mol. The molecule has 1 N–H and O–H groups in total. The third-order valence-electron chi connectivity index (χ3n) is 3.90. The summed E-state index contributed by atoms with van der Waals surface area (Å²) in [6, 6.07) is 5.69. The average Bonchev–Trinajstić information content (AvgIpc) is 2.66. The molecule has 0 radical (unpaired) electrons. The Labute approximate surface area is 136 Å². The fraction of sp³-hybridized carbons (Fsp3) is 0.600. The molecule has 0 aliphatic carbocycles. The topological polar surface area (TPSA) is 38.7 Å². The molecule has 1 fully saturated rings. The number of aliphatic hydroxyl groups is 1. The van der Waals surface area contributed by atoms with E-state index in [1.54, 1.807) is 0 Å². The second-order valence-corrected chi connectivity index (χ2v) is 7.09. The molecule has 4 unspecified atom stereocenters. The van der Waals surface area contributed by atoms with Gasteiger partial charge in [-0.05, 0) is 44.1 Å². The highest BCUT2D eigenvalue weighted by atomic mass is 35.5. The van der Waals surface area contributed by atoms with Gasteiger partial charge in [-0.15, -0.1) is 0 Å². The molecular weight excluding hydrogens is 310 g/mol. The molecule has 116 valence electrons. The van der Waals surface area contributed by atoms with E-state index < -0.39 is 12.1 Å². The minimum atomic E-state index is -0.879. The molecule has 0 aromatic heterocycles. The number of hydrogen-bond donors (Lipinski definition) is 1. The van der Waals surface area contributed by atoms with Crippen molar-refractivity contribution in [2.75, 3.05) is 0 Å². The molecule has 1 saturated heterocycles. The highest BCUT2D eigenvalue weighted by molar-refractivity contribution is 6.42. The predicted octanol–water partition coefficient (Wildman–Crippen LogP) is 3.16. The van der Waals surface area contributed by atoms with E-state index >= 15 is 0 Å². The van der Waals surface area contributed by atoms with Crippen molar-refractivity contribution < 1.29 is 14.6 Å². The van der Waals surface area contributed by atoms with Gasteiger partial charge in [0, 0.05) is 0 Å². The van der Waals surface area contributed by atoms with Gasteiger partial charge in [-0.3, -0.25) is 0 Å². The smallest absolute Gasteiger partial charge is 0.184 e. The van der Waals surface area contributed by atoms with E-state index in [0.717, 1.165) is 12.0 Å². The maximum absolute atomic E-state index is 9.97. The molecule has 0 saturated carbocycles. The first-order valence-corrected chi connectivity index (χ1v) is 7.94. The summed E-state index contributed by atoms with van der Waals surface area (Å²) in [5, 5.41) is 11.1. The van der Waals surface area contributed by atoms with Gasteiger partial charge in [0.2, 0.25) is 0 Å². The van der Waals surface area contributed by atoms with Crippen molar-refractivity contribution in [3.8, 4) is 0 Å². The van der Waals surface area contributed by atoms with Crippen LogP contribution in [0.1, 0.15) is 38.6 Å². The van der Waals surface area contributed by atoms with Crippen LogP contribution >= 0.6 is 23.2 Å². The quantitative estimate of drug-likeness (QED) is 0.862. The molecule has 0 amide bonds. The van der Waals surface area contributed by atoms with Crippen LogP contribution in [0.5, 0.6) is 0 Å². The number of rotatable bonds is 4. The summed E-state index contributed by atoms with van der Waals surface area (Å²) in [6.07, 6.45) is -0.333. The van der Waals surface area contributed by atoms with E-state index in [-0.39, 0.29) is 17.8 Å². The van der Waals surface area contributed by atoms with E-state index in [1.807, 2.05) is 32.0 Å². The molecule has 4 atom stereocenters. The van der Waals surface area contributed by atoms with E-state index in [4.69, 9.17) is 32.7 Å². The average molecular weight is 331 g/mol. The largest absolute Gasteiger partial charge is 0.366 e. The summed E-state index contributed by atoms with van der Waals surface area (Å²) in [5.74, 6) is -0.286. The zero-order chi connectivity index (χ0) is 15.8. The second-order valence-electron chi connectivity index (χ2n) is 6.28. The summed E-state index contributed by atoms with van der Waals surface area (Å²) in [6.45, 7) is 5.68. The van der Waals surface area contributed by atoms with Crippen LogP contribution in [0.25, 0.3) is 0 Å². The maximum Gasteiger partial charge on any atom is 0.184 e. The number of aliphatic hydroxyl groups excluding tert-OH is 1. The summed E-state index contributed by atoms with van der Waals surface area (Å²) >= 11 is 12.0. The van der Waals surface area contributed by atoms with Crippen LogP contribution in [0.2, 0.25) is 10.0 Å². The minimum Gasteiger partial charge on any atom is -0.366 e. The SMILES string of the molecule is BC(CC(C)C1OC(C)(C)OC1O)c1ccc(Cl)c(Cl)c1. The Morgan fingerprint density at radius 1 is 1.29 bits per heavy atom. The van der Waals surface area contributed by atoms with Crippen molar-refractivity contribution in [1.82, 2.24) is 0 Å². The number of ether oxygens (including phenoxy) is 2. The van der Waals surface area contributed by atoms with Crippen LogP contribution < -0.4 is 0 Å². The van der Waals surface area contributed by atoms with Crippen LogP contribution in [-0.4, -0.2) is 31.1 Å². The number of hydrogen-bond acceptors (Lipinski definition) is 3. The summed E-state index contributed by atoms with van der Waals surface area (Å²) in [7, 11) is 2.13. The van der Waals surface area contributed by atoms with Gasteiger partial charge < -0.3 is 14.6 Å². The highest BCUT2D eigenvalue weighted by Crippen LogP contribution is 2.35. The van der Waals surface area contributed by atoms with Gasteiger partial charge in [-0.25, -0.2) is 0 Å². The standard InChI is InChI=1S/C15H21BCl2O3/c1-8(13-14(19)21-15(2,3)20-13)6-10(16)9-4-5-11(17)12(18)7-9/h4-5,7-8,10,13-14,19H,6,16H2,1-3H3. The van der Waals surface area contributed by atoms with E-state index in [1.165, 1.54) is 0 Å². The lowest BCUT2D eigenvalue weighted by Crippen LogP contribution is -2.30. The molecule has 1 aromatic carbocycles. The second kappa shape index (κ2) is 6.47. The zero-order valence-corrected chi connectivity index (χ0v) is 14.3. The molecule has 1 heterocycles. The van der Waals surface area contributed by atoms with Crippen molar-refractivity contribution in [2.24, 2.45) is 5.92 Å². The van der Waals surface area contributed by atoms with Crippen molar-refractivity contribution in [3.63, 3.8) is 0 Å². The van der Waals surface area contributed by atoms with Crippen LogP contribution in [0.4, 0.5) is 0 Å². The Bertz CT molecular complexity index is 510. The lowest BCUT2D eigenvalue weighted by Gasteiger charge is -2.24. The lowest BCUT2D eigenvalue weighted by atomic mass is 9.74. The third kappa shape index (κ3) is 4.14. The Hall–Kier alpha value is -0.255. The fourth-order valence-electron chi connectivity index (χ4n) is 2.82. The van der Waals surface area contributed by atoms with Crippen molar-refractivity contribution in [2.45, 2.75) is 51.2 Å². The van der Waals surface area contributed by atoms with Gasteiger partial charge in [-0.1, -0.05) is 41.8 Å². The first-order chi connectivity index (χ1) is 9.69. The Kier molecular flexibility index (Phi) is 5.27. The molecule has 21 heavy (non-hydrogen) atoms. The molecule has 1 aliphatic heterocycles. The molecule has 1 aliphatic rings. The van der Waals surface area contributed by atoms with Crippen molar-refractivity contribution in [3.05, 3.63) is 33.8 Å². The van der Waals surface area contributed by atoms with E-state index in [9.17, 15) is 5.11 Å². The molecule has 2 rings (SSSR count). The molecule has 0 spiro atoms. The lowest BCUT2D eigenvalue weighted by molar-refractivity contribution is -0.174. The first-order valence-electron chi connectivity index (χ1n) is 7.18. The summed E-state index contributed by atoms with van der Waals surface area (Å²) < 4.78 is 11.2. The minimum absolute atomic E-state index is 0.159. The molecule has 1 aromatic rings. The Morgan fingerprint density at radius 2 is 1.95 bits per heavy atom. The zero-order valence-electron chi connectivity index (χ0n) is 12.8. The fourth-order valence-corrected chi connectivity index (χ4v) is 3.12. The highest BCUT2D eigenvalue weighted by Gasteiger charge is 2.43. The Balaban J connectivity index is 2.02. The third-order valence-corrected chi connectivity index (χ3v) is 4.64. The molecular formula is C15H21BCl2O3. The van der Waals surface area contributed by atoms with Gasteiger partial charge in [0.15, 0.2) is 12.1 Å². The van der Waals surface area contributed by atoms with E-state index in [2.05, 4.69) is 14.8 Å². The van der Waals surface area contributed by atoms with Gasteiger partial charge in [0.1, 0.15) is 14.0 Å².